The van der Waals surface area contributed by atoms with Crippen LogP contribution in [0.1, 0.15) is 43.4 Å². The van der Waals surface area contributed by atoms with Crippen LogP contribution in [0.2, 0.25) is 0 Å². The van der Waals surface area contributed by atoms with E-state index in [4.69, 9.17) is 4.74 Å². The van der Waals surface area contributed by atoms with Crippen molar-refractivity contribution >= 4 is 24.4 Å². The van der Waals surface area contributed by atoms with Crippen molar-refractivity contribution in [2.45, 2.75) is 44.4 Å². The average Bonchev–Trinajstić information content (AvgIpc) is 3.30. The highest BCUT2D eigenvalue weighted by Gasteiger charge is 2.45. The van der Waals surface area contributed by atoms with Gasteiger partial charge in [0.05, 0.1) is 25.1 Å². The molecule has 1 aliphatic carbocycles. The van der Waals surface area contributed by atoms with Crippen LogP contribution in [-0.2, 0) is 4.79 Å². The number of alkyl halides is 3. The SMILES string of the molecule is COc1ccc([C@H](C)NC(=O)[C@@H]2C[C@@H](C(F)(F)F)CN2)c(/C=C/C2CC2)c1.Cl. The molecule has 1 saturated heterocycles. The Hall–Kier alpha value is -1.73. The Labute approximate surface area is 169 Å². The summed E-state index contributed by atoms with van der Waals surface area (Å²) in [7, 11) is 1.59. The fraction of sp³-hybridized carbons (Fsp3) is 0.550. The molecule has 1 aliphatic heterocycles. The summed E-state index contributed by atoms with van der Waals surface area (Å²) in [6, 6.07) is 4.47. The van der Waals surface area contributed by atoms with Crippen molar-refractivity contribution in [3.8, 4) is 5.75 Å². The molecule has 1 aromatic carbocycles. The maximum Gasteiger partial charge on any atom is 0.393 e. The van der Waals surface area contributed by atoms with Crippen LogP contribution in [0.25, 0.3) is 6.08 Å². The minimum absolute atomic E-state index is 0. The van der Waals surface area contributed by atoms with Gasteiger partial charge in [-0.05, 0) is 55.4 Å². The summed E-state index contributed by atoms with van der Waals surface area (Å²) in [5.41, 5.74) is 1.85. The molecule has 1 aromatic rings. The molecule has 28 heavy (non-hydrogen) atoms. The summed E-state index contributed by atoms with van der Waals surface area (Å²) in [5.74, 6) is -0.544. The molecule has 1 amide bonds. The van der Waals surface area contributed by atoms with E-state index in [0.29, 0.717) is 5.92 Å². The fourth-order valence-electron chi connectivity index (χ4n) is 3.32. The molecule has 8 heteroatoms. The molecule has 0 unspecified atom stereocenters. The van der Waals surface area contributed by atoms with E-state index < -0.39 is 24.0 Å². The third kappa shape index (κ3) is 5.64. The minimum Gasteiger partial charge on any atom is -0.497 e. The first kappa shape index (κ1) is 22.6. The molecule has 0 radical (unpaired) electrons. The Morgan fingerprint density at radius 1 is 1.36 bits per heavy atom. The smallest absolute Gasteiger partial charge is 0.393 e. The monoisotopic (exact) mass is 418 g/mol. The lowest BCUT2D eigenvalue weighted by Crippen LogP contribution is -2.41. The number of carbonyl (C=O) groups excluding carboxylic acids is 1. The van der Waals surface area contributed by atoms with Gasteiger partial charge in [-0.2, -0.15) is 13.2 Å². The number of hydrogen-bond donors (Lipinski definition) is 2. The van der Waals surface area contributed by atoms with Crippen LogP contribution in [0.3, 0.4) is 0 Å². The molecular formula is C20H26ClF3N2O2. The zero-order valence-corrected chi connectivity index (χ0v) is 16.7. The van der Waals surface area contributed by atoms with Crippen molar-refractivity contribution in [2.75, 3.05) is 13.7 Å². The van der Waals surface area contributed by atoms with Crippen LogP contribution in [-0.4, -0.2) is 31.8 Å². The fourth-order valence-corrected chi connectivity index (χ4v) is 3.32. The lowest BCUT2D eigenvalue weighted by Gasteiger charge is -2.20. The van der Waals surface area contributed by atoms with E-state index in [2.05, 4.69) is 16.7 Å². The number of methoxy groups -OCH3 is 1. The largest absolute Gasteiger partial charge is 0.497 e. The van der Waals surface area contributed by atoms with Crippen LogP contribution in [0.15, 0.2) is 24.3 Å². The maximum absolute atomic E-state index is 12.8. The number of rotatable bonds is 6. The van der Waals surface area contributed by atoms with Gasteiger partial charge >= 0.3 is 6.18 Å². The molecule has 1 heterocycles. The number of nitrogens with one attached hydrogen (secondary N) is 2. The van der Waals surface area contributed by atoms with E-state index in [1.54, 1.807) is 7.11 Å². The number of amides is 1. The van der Waals surface area contributed by atoms with E-state index >= 15 is 0 Å². The normalized spacial score (nSPS) is 23.3. The number of hydrogen-bond acceptors (Lipinski definition) is 3. The number of ether oxygens (including phenoxy) is 1. The second-order valence-corrected chi connectivity index (χ2v) is 7.36. The van der Waals surface area contributed by atoms with Crippen molar-refractivity contribution in [3.63, 3.8) is 0 Å². The number of benzene rings is 1. The van der Waals surface area contributed by atoms with E-state index in [9.17, 15) is 18.0 Å². The predicted octanol–water partition coefficient (Wildman–Crippen LogP) is 4.26. The molecule has 2 fully saturated rings. The standard InChI is InChI=1S/C20H25F3N2O2.ClH/c1-12(25-19(26)18-10-15(11-24-18)20(21,22)23)17-8-7-16(27-2)9-14(17)6-5-13-3-4-13;/h5-9,12-13,15,18,24H,3-4,10-11H2,1-2H3,(H,25,26);1H/b6-5+;/t12-,15+,18-;/m0./s1. The zero-order valence-electron chi connectivity index (χ0n) is 15.9. The van der Waals surface area contributed by atoms with Crippen LogP contribution in [0.4, 0.5) is 13.2 Å². The van der Waals surface area contributed by atoms with Crippen molar-refractivity contribution in [1.29, 1.82) is 0 Å². The highest BCUT2D eigenvalue weighted by molar-refractivity contribution is 5.85. The van der Waals surface area contributed by atoms with Gasteiger partial charge in [-0.3, -0.25) is 4.79 Å². The van der Waals surface area contributed by atoms with Crippen LogP contribution < -0.4 is 15.4 Å². The summed E-state index contributed by atoms with van der Waals surface area (Å²) in [4.78, 5) is 12.4. The van der Waals surface area contributed by atoms with Crippen LogP contribution >= 0.6 is 12.4 Å². The van der Waals surface area contributed by atoms with Crippen LogP contribution in [0.5, 0.6) is 5.75 Å². The molecule has 1 saturated carbocycles. The first-order valence-electron chi connectivity index (χ1n) is 9.24. The molecule has 0 aromatic heterocycles. The van der Waals surface area contributed by atoms with E-state index in [1.807, 2.05) is 31.2 Å². The molecule has 3 rings (SSSR count). The molecular weight excluding hydrogens is 393 g/mol. The van der Waals surface area contributed by atoms with E-state index in [1.165, 1.54) is 12.8 Å². The second kappa shape index (κ2) is 9.18. The molecule has 4 nitrogen and oxygen atoms in total. The van der Waals surface area contributed by atoms with Crippen molar-refractivity contribution < 1.29 is 22.7 Å². The summed E-state index contributed by atoms with van der Waals surface area (Å²) < 4.78 is 43.7. The molecule has 3 atom stereocenters. The lowest BCUT2D eigenvalue weighted by molar-refractivity contribution is -0.169. The zero-order chi connectivity index (χ0) is 19.6. The Morgan fingerprint density at radius 2 is 2.07 bits per heavy atom. The van der Waals surface area contributed by atoms with E-state index in [-0.39, 0.29) is 31.4 Å². The predicted molar refractivity (Wildman–Crippen MR) is 105 cm³/mol. The van der Waals surface area contributed by atoms with Gasteiger partial charge in [0.2, 0.25) is 5.91 Å². The van der Waals surface area contributed by atoms with Gasteiger partial charge in [0.25, 0.3) is 0 Å². The Balaban J connectivity index is 0.00000280. The number of allylic oxidation sites excluding steroid dienone is 1. The van der Waals surface area contributed by atoms with Gasteiger partial charge in [0.15, 0.2) is 0 Å². The summed E-state index contributed by atoms with van der Waals surface area (Å²) >= 11 is 0. The Bertz CT molecular complexity index is 720. The molecule has 156 valence electrons. The van der Waals surface area contributed by atoms with Gasteiger partial charge in [-0.1, -0.05) is 18.2 Å². The van der Waals surface area contributed by atoms with Crippen molar-refractivity contribution in [1.82, 2.24) is 10.6 Å². The topological polar surface area (TPSA) is 50.4 Å². The first-order valence-corrected chi connectivity index (χ1v) is 9.24. The summed E-state index contributed by atoms with van der Waals surface area (Å²) in [6.07, 6.45) is 2.07. The van der Waals surface area contributed by atoms with Crippen molar-refractivity contribution in [2.24, 2.45) is 11.8 Å². The van der Waals surface area contributed by atoms with Gasteiger partial charge in [-0.25, -0.2) is 0 Å². The third-order valence-corrected chi connectivity index (χ3v) is 5.20. The van der Waals surface area contributed by atoms with Gasteiger partial charge < -0.3 is 15.4 Å². The van der Waals surface area contributed by atoms with Crippen LogP contribution in [0, 0.1) is 11.8 Å². The number of carbonyl (C=O) groups is 1. The highest BCUT2D eigenvalue weighted by atomic mass is 35.5. The van der Waals surface area contributed by atoms with Crippen molar-refractivity contribution in [3.05, 3.63) is 35.4 Å². The second-order valence-electron chi connectivity index (χ2n) is 7.36. The third-order valence-electron chi connectivity index (χ3n) is 5.20. The van der Waals surface area contributed by atoms with Gasteiger partial charge in [0.1, 0.15) is 5.75 Å². The number of halogens is 4. The first-order chi connectivity index (χ1) is 12.8. The Kier molecular flexibility index (Phi) is 7.39. The summed E-state index contributed by atoms with van der Waals surface area (Å²) in [6.45, 7) is 1.62. The molecule has 2 N–H and O–H groups in total. The highest BCUT2D eigenvalue weighted by Crippen LogP contribution is 2.34. The average molecular weight is 419 g/mol. The molecule has 0 spiro atoms. The Morgan fingerprint density at radius 3 is 2.64 bits per heavy atom. The van der Waals surface area contributed by atoms with Gasteiger partial charge in [0, 0.05) is 6.54 Å². The van der Waals surface area contributed by atoms with E-state index in [0.717, 1.165) is 16.9 Å². The minimum atomic E-state index is -4.27. The maximum atomic E-state index is 12.8. The van der Waals surface area contributed by atoms with Gasteiger partial charge in [-0.15, -0.1) is 12.4 Å². The summed E-state index contributed by atoms with van der Waals surface area (Å²) in [5, 5.41) is 5.53. The quantitative estimate of drug-likeness (QED) is 0.725. The lowest BCUT2D eigenvalue weighted by atomic mass is 9.99. The molecule has 2 aliphatic rings. The molecule has 0 bridgehead atoms.